The maximum Gasteiger partial charge on any atom is 0.0942 e. The maximum atomic E-state index is 6.12. The highest BCUT2D eigenvalue weighted by atomic mass is 35.5. The zero-order valence-corrected chi connectivity index (χ0v) is 11.6. The average Bonchev–Trinajstić information content (AvgIpc) is 2.82. The zero-order chi connectivity index (χ0) is 13.2. The lowest BCUT2D eigenvalue weighted by molar-refractivity contribution is 1.65. The minimum atomic E-state index is 0.695. The van der Waals surface area contributed by atoms with Crippen LogP contribution >= 0.6 is 22.9 Å². The maximum absolute atomic E-state index is 6.12. The summed E-state index contributed by atoms with van der Waals surface area (Å²) in [5.74, 6) is 0. The van der Waals surface area contributed by atoms with E-state index in [1.807, 2.05) is 36.4 Å². The lowest BCUT2D eigenvalue weighted by atomic mass is 10.1. The van der Waals surface area contributed by atoms with Gasteiger partial charge in [-0.1, -0.05) is 48.0 Å². The van der Waals surface area contributed by atoms with E-state index in [4.69, 9.17) is 17.3 Å². The van der Waals surface area contributed by atoms with Crippen molar-refractivity contribution in [1.82, 2.24) is 0 Å². The van der Waals surface area contributed by atoms with Crippen LogP contribution in [0.4, 0.5) is 5.00 Å². The Morgan fingerprint density at radius 2 is 1.84 bits per heavy atom. The third-order valence-electron chi connectivity index (χ3n) is 2.87. The van der Waals surface area contributed by atoms with E-state index in [1.165, 1.54) is 5.56 Å². The van der Waals surface area contributed by atoms with Crippen molar-refractivity contribution < 1.29 is 0 Å². The fourth-order valence-electron chi connectivity index (χ4n) is 1.95. The predicted molar refractivity (Wildman–Crippen MR) is 83.4 cm³/mol. The van der Waals surface area contributed by atoms with Crippen LogP contribution in [0.5, 0.6) is 0 Å². The molecule has 0 aliphatic carbocycles. The van der Waals surface area contributed by atoms with Crippen molar-refractivity contribution in [3.8, 4) is 21.6 Å². The molecular formula is C16H11ClNS. The lowest BCUT2D eigenvalue weighted by Gasteiger charge is -1.99. The minimum Gasteiger partial charge on any atom is -0.390 e. The van der Waals surface area contributed by atoms with Crippen LogP contribution in [-0.2, 0) is 0 Å². The van der Waals surface area contributed by atoms with Gasteiger partial charge in [0.2, 0.25) is 0 Å². The second-order valence-corrected chi connectivity index (χ2v) is 5.70. The van der Waals surface area contributed by atoms with Gasteiger partial charge in [0, 0.05) is 15.5 Å². The van der Waals surface area contributed by atoms with Gasteiger partial charge in [-0.05, 0) is 35.4 Å². The van der Waals surface area contributed by atoms with E-state index in [2.05, 4.69) is 24.3 Å². The van der Waals surface area contributed by atoms with Gasteiger partial charge >= 0.3 is 0 Å². The first-order valence-corrected chi connectivity index (χ1v) is 7.06. The van der Waals surface area contributed by atoms with Crippen molar-refractivity contribution in [3.63, 3.8) is 0 Å². The summed E-state index contributed by atoms with van der Waals surface area (Å²) in [5.41, 5.74) is 9.22. The SMILES string of the molecule is Nc1sc(-c2ccccc2)cc1-c1[c]ccc(Cl)c1. The fourth-order valence-corrected chi connectivity index (χ4v) is 3.07. The third-order valence-corrected chi connectivity index (χ3v) is 4.12. The number of nitrogens with two attached hydrogens (primary N) is 1. The minimum absolute atomic E-state index is 0.695. The molecule has 1 heterocycles. The molecular weight excluding hydrogens is 274 g/mol. The molecule has 2 N–H and O–H groups in total. The van der Waals surface area contributed by atoms with Crippen LogP contribution in [-0.4, -0.2) is 0 Å². The summed E-state index contributed by atoms with van der Waals surface area (Å²) in [6, 6.07) is 21.0. The van der Waals surface area contributed by atoms with E-state index in [-0.39, 0.29) is 0 Å². The molecule has 0 atom stereocenters. The number of hydrogen-bond donors (Lipinski definition) is 1. The van der Waals surface area contributed by atoms with Crippen molar-refractivity contribution in [3.05, 3.63) is 65.7 Å². The molecule has 2 aromatic carbocycles. The van der Waals surface area contributed by atoms with Crippen LogP contribution in [0.2, 0.25) is 5.02 Å². The van der Waals surface area contributed by atoms with E-state index in [9.17, 15) is 0 Å². The van der Waals surface area contributed by atoms with Gasteiger partial charge in [-0.25, -0.2) is 0 Å². The van der Waals surface area contributed by atoms with E-state index in [0.29, 0.717) is 5.02 Å². The first-order chi connectivity index (χ1) is 9.24. The highest BCUT2D eigenvalue weighted by molar-refractivity contribution is 7.19. The molecule has 0 spiro atoms. The molecule has 0 unspecified atom stereocenters. The standard InChI is InChI=1S/C16H11ClNS/c17-13-8-4-7-12(9-13)14-10-15(19-16(14)18)11-5-2-1-3-6-11/h1-6,8-10H,18H2. The molecule has 1 radical (unpaired) electrons. The summed E-state index contributed by atoms with van der Waals surface area (Å²) in [4.78, 5) is 1.15. The zero-order valence-electron chi connectivity index (χ0n) is 10.1. The molecule has 93 valence electrons. The van der Waals surface area contributed by atoms with Gasteiger partial charge in [-0.15, -0.1) is 11.3 Å². The molecule has 0 saturated carbocycles. The first kappa shape index (κ1) is 12.3. The smallest absolute Gasteiger partial charge is 0.0942 e. The number of hydrogen-bond acceptors (Lipinski definition) is 2. The van der Waals surface area contributed by atoms with Gasteiger partial charge in [-0.3, -0.25) is 0 Å². The first-order valence-electron chi connectivity index (χ1n) is 5.86. The molecule has 1 aromatic heterocycles. The van der Waals surface area contributed by atoms with Crippen molar-refractivity contribution >= 4 is 27.9 Å². The molecule has 1 nitrogen and oxygen atoms in total. The molecule has 0 aliphatic rings. The van der Waals surface area contributed by atoms with Gasteiger partial charge in [-0.2, -0.15) is 0 Å². The quantitative estimate of drug-likeness (QED) is 0.694. The van der Waals surface area contributed by atoms with Crippen LogP contribution < -0.4 is 5.73 Å². The van der Waals surface area contributed by atoms with Gasteiger partial charge in [0.15, 0.2) is 0 Å². The lowest BCUT2D eigenvalue weighted by Crippen LogP contribution is -1.83. The number of thiophene rings is 1. The number of halogens is 1. The topological polar surface area (TPSA) is 26.0 Å². The molecule has 0 saturated heterocycles. The average molecular weight is 285 g/mol. The number of nitrogen functional groups attached to an aromatic ring is 1. The van der Waals surface area contributed by atoms with Crippen LogP contribution in [0.15, 0.2) is 54.6 Å². The highest BCUT2D eigenvalue weighted by Gasteiger charge is 2.10. The summed E-state index contributed by atoms with van der Waals surface area (Å²) >= 11 is 7.60. The fraction of sp³-hybridized carbons (Fsp3) is 0. The predicted octanol–water partition coefficient (Wildman–Crippen LogP) is 5.12. The molecule has 0 fully saturated rings. The Balaban J connectivity index is 2.08. The van der Waals surface area contributed by atoms with Crippen LogP contribution in [0, 0.1) is 6.07 Å². The second kappa shape index (κ2) is 5.08. The van der Waals surface area contributed by atoms with Crippen molar-refractivity contribution in [2.24, 2.45) is 0 Å². The van der Waals surface area contributed by atoms with E-state index in [1.54, 1.807) is 11.3 Å². The van der Waals surface area contributed by atoms with Gasteiger partial charge in [0.05, 0.1) is 5.00 Å². The Labute approximate surface area is 121 Å². The van der Waals surface area contributed by atoms with Crippen LogP contribution in [0.25, 0.3) is 21.6 Å². The van der Waals surface area contributed by atoms with Gasteiger partial charge in [0.25, 0.3) is 0 Å². The Kier molecular flexibility index (Phi) is 3.28. The number of anilines is 1. The number of benzene rings is 2. The Morgan fingerprint density at radius 3 is 2.58 bits per heavy atom. The summed E-state index contributed by atoms with van der Waals surface area (Å²) < 4.78 is 0. The molecule has 19 heavy (non-hydrogen) atoms. The van der Waals surface area contributed by atoms with Crippen LogP contribution in [0.1, 0.15) is 0 Å². The van der Waals surface area contributed by atoms with E-state index < -0.39 is 0 Å². The van der Waals surface area contributed by atoms with Crippen molar-refractivity contribution in [1.29, 1.82) is 0 Å². The van der Waals surface area contributed by atoms with Crippen molar-refractivity contribution in [2.75, 3.05) is 5.73 Å². The van der Waals surface area contributed by atoms with Gasteiger partial charge < -0.3 is 5.73 Å². The molecule has 3 heteroatoms. The summed E-state index contributed by atoms with van der Waals surface area (Å²) in [6.07, 6.45) is 0. The van der Waals surface area contributed by atoms with Gasteiger partial charge in [0.1, 0.15) is 0 Å². The highest BCUT2D eigenvalue weighted by Crippen LogP contribution is 2.39. The molecule has 0 bridgehead atoms. The Bertz CT molecular complexity index is 704. The Morgan fingerprint density at radius 1 is 1.05 bits per heavy atom. The molecule has 3 rings (SSSR count). The van der Waals surface area contributed by atoms with E-state index in [0.717, 1.165) is 21.0 Å². The summed E-state index contributed by atoms with van der Waals surface area (Å²) in [5, 5.41) is 1.48. The third kappa shape index (κ3) is 2.50. The Hall–Kier alpha value is -1.77. The molecule has 3 aromatic rings. The second-order valence-electron chi connectivity index (χ2n) is 4.18. The summed E-state index contributed by atoms with van der Waals surface area (Å²) in [7, 11) is 0. The largest absolute Gasteiger partial charge is 0.390 e. The molecule has 0 aliphatic heterocycles. The monoisotopic (exact) mass is 284 g/mol. The van der Waals surface area contributed by atoms with E-state index >= 15 is 0 Å². The molecule has 0 amide bonds. The number of rotatable bonds is 2. The van der Waals surface area contributed by atoms with Crippen LogP contribution in [0.3, 0.4) is 0 Å². The normalized spacial score (nSPS) is 10.6. The van der Waals surface area contributed by atoms with Crippen molar-refractivity contribution in [2.45, 2.75) is 0 Å². The summed E-state index contributed by atoms with van der Waals surface area (Å²) in [6.45, 7) is 0.